The second kappa shape index (κ2) is 8.44. The summed E-state index contributed by atoms with van der Waals surface area (Å²) in [7, 11) is 0. The molecule has 0 N–H and O–H groups in total. The molecule has 0 heteroatoms. The van der Waals surface area contributed by atoms with E-state index >= 15 is 0 Å². The molecule has 0 spiro atoms. The van der Waals surface area contributed by atoms with E-state index in [0.717, 1.165) is 6.42 Å². The predicted molar refractivity (Wildman–Crippen MR) is 84.1 cm³/mol. The van der Waals surface area contributed by atoms with E-state index in [0.29, 0.717) is 12.8 Å². The summed E-state index contributed by atoms with van der Waals surface area (Å²) in [5.74, 6) is 5.54. The van der Waals surface area contributed by atoms with Gasteiger partial charge >= 0.3 is 0 Å². The van der Waals surface area contributed by atoms with Gasteiger partial charge in [-0.15, -0.1) is 24.7 Å². The third-order valence-corrected chi connectivity index (χ3v) is 3.44. The minimum absolute atomic E-state index is 0.711. The summed E-state index contributed by atoms with van der Waals surface area (Å²) in [6.07, 6.45) is 18.6. The maximum Gasteiger partial charge on any atom is 0.0340 e. The van der Waals surface area contributed by atoms with Crippen LogP contribution < -0.4 is 0 Å². The van der Waals surface area contributed by atoms with Crippen LogP contribution in [0.25, 0.3) is 0 Å². The van der Waals surface area contributed by atoms with Crippen molar-refractivity contribution in [2.75, 3.05) is 0 Å². The number of aryl methyl sites for hydroxylation is 1. The molecule has 0 heterocycles. The Labute approximate surface area is 118 Å². The van der Waals surface area contributed by atoms with Gasteiger partial charge < -0.3 is 0 Å². The maximum absolute atomic E-state index is 5.49. The topological polar surface area (TPSA) is 0 Å². The quantitative estimate of drug-likeness (QED) is 0.496. The zero-order valence-corrected chi connectivity index (χ0v) is 12.3. The average molecular weight is 252 g/mol. The molecule has 0 saturated carbocycles. The molecule has 19 heavy (non-hydrogen) atoms. The Morgan fingerprint density at radius 2 is 1.53 bits per heavy atom. The van der Waals surface area contributed by atoms with Crippen molar-refractivity contribution in [2.24, 2.45) is 0 Å². The fourth-order valence-corrected chi connectivity index (χ4v) is 2.56. The number of unbranched alkanes of at least 4 members (excludes halogenated alkanes) is 3. The van der Waals surface area contributed by atoms with Gasteiger partial charge in [-0.3, -0.25) is 0 Å². The van der Waals surface area contributed by atoms with E-state index in [2.05, 4.69) is 37.8 Å². The van der Waals surface area contributed by atoms with Gasteiger partial charge in [0.05, 0.1) is 0 Å². The first-order valence-electron chi connectivity index (χ1n) is 7.21. The zero-order chi connectivity index (χ0) is 14.1. The summed E-state index contributed by atoms with van der Waals surface area (Å²) in [6.45, 7) is 4.35. The standard InChI is InChI=1S/C19H24/c1-5-8-9-10-13-19-17(11-6-2)14-16(4)15-18(19)12-7-3/h2-3,14-15H,5,8-13H2,1,4H3. The Bertz CT molecular complexity index is 443. The fourth-order valence-electron chi connectivity index (χ4n) is 2.56. The second-order valence-electron chi connectivity index (χ2n) is 5.13. The van der Waals surface area contributed by atoms with Crippen LogP contribution in [0, 0.1) is 31.6 Å². The van der Waals surface area contributed by atoms with E-state index in [1.807, 2.05) is 0 Å². The Morgan fingerprint density at radius 3 is 2.00 bits per heavy atom. The zero-order valence-electron chi connectivity index (χ0n) is 12.3. The van der Waals surface area contributed by atoms with E-state index in [4.69, 9.17) is 12.8 Å². The molecule has 0 saturated heterocycles. The minimum atomic E-state index is 0.711. The van der Waals surface area contributed by atoms with Crippen molar-refractivity contribution in [1.29, 1.82) is 0 Å². The Morgan fingerprint density at radius 1 is 0.947 bits per heavy atom. The molecule has 1 aromatic rings. The summed E-state index contributed by atoms with van der Waals surface area (Å²) < 4.78 is 0. The molecule has 0 aliphatic rings. The molecule has 0 radical (unpaired) electrons. The Hall–Kier alpha value is -1.66. The van der Waals surface area contributed by atoms with E-state index < -0.39 is 0 Å². The number of benzene rings is 1. The Balaban J connectivity index is 2.95. The third-order valence-electron chi connectivity index (χ3n) is 3.44. The van der Waals surface area contributed by atoms with Gasteiger partial charge in [0.25, 0.3) is 0 Å². The molecule has 0 atom stereocenters. The SMILES string of the molecule is C#CCc1cc(C)cc(CC#C)c1CCCCCC. The normalized spacial score (nSPS) is 9.89. The summed E-state index contributed by atoms with van der Waals surface area (Å²) in [6, 6.07) is 4.43. The van der Waals surface area contributed by atoms with Gasteiger partial charge in [0, 0.05) is 12.8 Å². The summed E-state index contributed by atoms with van der Waals surface area (Å²) in [5.41, 5.74) is 5.25. The monoisotopic (exact) mass is 252 g/mol. The van der Waals surface area contributed by atoms with Crippen molar-refractivity contribution in [3.63, 3.8) is 0 Å². The van der Waals surface area contributed by atoms with E-state index in [9.17, 15) is 0 Å². The second-order valence-corrected chi connectivity index (χ2v) is 5.13. The molecule has 0 nitrogen and oxygen atoms in total. The molecule has 1 aromatic carbocycles. The molecule has 1 rings (SSSR count). The van der Waals surface area contributed by atoms with Gasteiger partial charge in [-0.05, 0) is 36.5 Å². The maximum atomic E-state index is 5.49. The number of terminal acetylenes is 2. The average Bonchev–Trinajstić information content (AvgIpc) is 2.37. The number of rotatable bonds is 7. The lowest BCUT2D eigenvalue weighted by Crippen LogP contribution is -2.01. The molecule has 0 aliphatic heterocycles. The molecule has 0 amide bonds. The summed E-state index contributed by atoms with van der Waals surface area (Å²) >= 11 is 0. The van der Waals surface area contributed by atoms with Crippen LogP contribution in [-0.2, 0) is 19.3 Å². The number of hydrogen-bond donors (Lipinski definition) is 0. The molecular weight excluding hydrogens is 228 g/mol. The molecule has 0 bridgehead atoms. The highest BCUT2D eigenvalue weighted by Gasteiger charge is 2.08. The van der Waals surface area contributed by atoms with Crippen molar-refractivity contribution in [2.45, 2.75) is 58.8 Å². The van der Waals surface area contributed by atoms with Crippen LogP contribution in [0.15, 0.2) is 12.1 Å². The largest absolute Gasteiger partial charge is 0.120 e. The summed E-state index contributed by atoms with van der Waals surface area (Å²) in [5, 5.41) is 0. The van der Waals surface area contributed by atoms with Gasteiger partial charge in [-0.2, -0.15) is 0 Å². The van der Waals surface area contributed by atoms with Gasteiger partial charge in [0.1, 0.15) is 0 Å². The molecule has 0 unspecified atom stereocenters. The first-order valence-corrected chi connectivity index (χ1v) is 7.21. The highest BCUT2D eigenvalue weighted by atomic mass is 14.1. The third kappa shape index (κ3) is 4.84. The van der Waals surface area contributed by atoms with Crippen molar-refractivity contribution >= 4 is 0 Å². The molecule has 0 fully saturated rings. The lowest BCUT2D eigenvalue weighted by molar-refractivity contribution is 0.663. The van der Waals surface area contributed by atoms with E-state index in [-0.39, 0.29) is 0 Å². The highest BCUT2D eigenvalue weighted by Crippen LogP contribution is 2.21. The first kappa shape index (κ1) is 15.4. The Kier molecular flexibility index (Phi) is 6.84. The highest BCUT2D eigenvalue weighted by molar-refractivity contribution is 5.42. The smallest absolute Gasteiger partial charge is 0.0340 e. The lowest BCUT2D eigenvalue weighted by Gasteiger charge is -2.14. The summed E-state index contributed by atoms with van der Waals surface area (Å²) in [4.78, 5) is 0. The van der Waals surface area contributed by atoms with Gasteiger partial charge in [-0.25, -0.2) is 0 Å². The molecule has 100 valence electrons. The van der Waals surface area contributed by atoms with E-state index in [1.165, 1.54) is 47.9 Å². The van der Waals surface area contributed by atoms with Crippen LogP contribution in [0.1, 0.15) is 54.9 Å². The van der Waals surface area contributed by atoms with E-state index in [1.54, 1.807) is 0 Å². The number of hydrogen-bond acceptors (Lipinski definition) is 0. The van der Waals surface area contributed by atoms with Gasteiger partial charge in [-0.1, -0.05) is 43.9 Å². The first-order chi connectivity index (χ1) is 9.22. The molecular formula is C19H24. The minimum Gasteiger partial charge on any atom is -0.120 e. The van der Waals surface area contributed by atoms with Crippen LogP contribution in [0.4, 0.5) is 0 Å². The predicted octanol–water partition coefficient (Wildman–Crippen LogP) is 4.47. The van der Waals surface area contributed by atoms with Gasteiger partial charge in [0.2, 0.25) is 0 Å². The lowest BCUT2D eigenvalue weighted by atomic mass is 9.91. The van der Waals surface area contributed by atoms with Crippen LogP contribution in [0.5, 0.6) is 0 Å². The van der Waals surface area contributed by atoms with Crippen molar-refractivity contribution in [3.8, 4) is 24.7 Å². The van der Waals surface area contributed by atoms with Crippen molar-refractivity contribution in [1.82, 2.24) is 0 Å². The van der Waals surface area contributed by atoms with Crippen LogP contribution in [-0.4, -0.2) is 0 Å². The van der Waals surface area contributed by atoms with Gasteiger partial charge in [0.15, 0.2) is 0 Å². The molecule has 0 aromatic heterocycles. The van der Waals surface area contributed by atoms with Crippen LogP contribution in [0.2, 0.25) is 0 Å². The molecule has 0 aliphatic carbocycles. The van der Waals surface area contributed by atoms with Crippen LogP contribution in [0.3, 0.4) is 0 Å². The van der Waals surface area contributed by atoms with Crippen molar-refractivity contribution < 1.29 is 0 Å². The fraction of sp³-hybridized carbons (Fsp3) is 0.474. The van der Waals surface area contributed by atoms with Crippen molar-refractivity contribution in [3.05, 3.63) is 34.4 Å². The van der Waals surface area contributed by atoms with Crippen LogP contribution >= 0.6 is 0 Å².